The molecule has 0 spiro atoms. The minimum absolute atomic E-state index is 0.623. The molecule has 0 bridgehead atoms. The van der Waals surface area contributed by atoms with Crippen molar-refractivity contribution in [3.8, 4) is 17.0 Å². The van der Waals surface area contributed by atoms with Gasteiger partial charge in [-0.3, -0.25) is 0 Å². The Labute approximate surface area is 123 Å². The first kappa shape index (κ1) is 13.6. The van der Waals surface area contributed by atoms with E-state index in [0.717, 1.165) is 33.9 Å². The van der Waals surface area contributed by atoms with Crippen molar-refractivity contribution >= 4 is 5.65 Å². The molecule has 1 aromatic carbocycles. The van der Waals surface area contributed by atoms with Crippen LogP contribution in [0.25, 0.3) is 16.9 Å². The van der Waals surface area contributed by atoms with Crippen LogP contribution >= 0.6 is 0 Å². The Morgan fingerprint density at radius 1 is 1.19 bits per heavy atom. The zero-order chi connectivity index (χ0) is 15.0. The van der Waals surface area contributed by atoms with Crippen LogP contribution in [0.1, 0.15) is 24.3 Å². The van der Waals surface area contributed by atoms with Crippen molar-refractivity contribution in [2.45, 2.75) is 20.0 Å². The van der Waals surface area contributed by atoms with Gasteiger partial charge in [-0.25, -0.2) is 4.98 Å². The molecule has 2 aromatic heterocycles. The maximum atomic E-state index is 10.2. The molecule has 0 aliphatic heterocycles. The standard InChI is InChI=1S/C17H18N2O2/c1-11-7-6-10-19-16(12(2)20)15(18-17(11)19)13-8-4-5-9-14(13)21-3/h4-10,12,20H,1-3H3. The Kier molecular flexibility index (Phi) is 3.39. The molecule has 0 aliphatic rings. The number of methoxy groups -OCH3 is 1. The number of para-hydroxylation sites is 1. The Balaban J connectivity index is 2.37. The van der Waals surface area contributed by atoms with E-state index in [4.69, 9.17) is 9.72 Å². The number of ether oxygens (including phenoxy) is 1. The number of aliphatic hydroxyl groups is 1. The summed E-state index contributed by atoms with van der Waals surface area (Å²) in [5, 5.41) is 10.2. The van der Waals surface area contributed by atoms with Crippen LogP contribution in [0.15, 0.2) is 42.6 Å². The molecule has 2 heterocycles. The van der Waals surface area contributed by atoms with Crippen molar-refractivity contribution in [2.24, 2.45) is 0 Å². The number of benzene rings is 1. The average Bonchev–Trinajstić information content (AvgIpc) is 2.88. The predicted molar refractivity (Wildman–Crippen MR) is 82.6 cm³/mol. The summed E-state index contributed by atoms with van der Waals surface area (Å²) in [5.41, 5.74) is 4.35. The molecule has 4 heteroatoms. The van der Waals surface area contributed by atoms with Crippen molar-refractivity contribution in [3.63, 3.8) is 0 Å². The SMILES string of the molecule is COc1ccccc1-c1nc2c(C)cccn2c1C(C)O. The van der Waals surface area contributed by atoms with Gasteiger partial charge in [-0.1, -0.05) is 18.2 Å². The molecule has 3 rings (SSSR count). The van der Waals surface area contributed by atoms with E-state index in [1.807, 2.05) is 53.9 Å². The third-order valence-electron chi connectivity index (χ3n) is 3.64. The van der Waals surface area contributed by atoms with Gasteiger partial charge in [0.25, 0.3) is 0 Å². The van der Waals surface area contributed by atoms with Gasteiger partial charge in [0, 0.05) is 11.8 Å². The van der Waals surface area contributed by atoms with E-state index in [9.17, 15) is 5.11 Å². The van der Waals surface area contributed by atoms with Crippen LogP contribution < -0.4 is 4.74 Å². The molecule has 0 saturated carbocycles. The molecular formula is C17H18N2O2. The van der Waals surface area contributed by atoms with Crippen molar-refractivity contribution < 1.29 is 9.84 Å². The molecule has 1 N–H and O–H groups in total. The minimum atomic E-state index is -0.623. The second-order valence-electron chi connectivity index (χ2n) is 5.11. The molecule has 4 nitrogen and oxygen atoms in total. The number of pyridine rings is 1. The molecule has 21 heavy (non-hydrogen) atoms. The second kappa shape index (κ2) is 5.22. The molecule has 0 saturated heterocycles. The second-order valence-corrected chi connectivity index (χ2v) is 5.11. The van der Waals surface area contributed by atoms with Crippen LogP contribution in [0.5, 0.6) is 5.75 Å². The lowest BCUT2D eigenvalue weighted by Crippen LogP contribution is -2.00. The minimum Gasteiger partial charge on any atom is -0.496 e. The normalized spacial score (nSPS) is 12.6. The van der Waals surface area contributed by atoms with Crippen molar-refractivity contribution in [3.05, 3.63) is 53.9 Å². The summed E-state index contributed by atoms with van der Waals surface area (Å²) in [5.74, 6) is 0.750. The monoisotopic (exact) mass is 282 g/mol. The van der Waals surface area contributed by atoms with E-state index in [-0.39, 0.29) is 0 Å². The summed E-state index contributed by atoms with van der Waals surface area (Å²) >= 11 is 0. The molecule has 0 radical (unpaired) electrons. The fourth-order valence-electron chi connectivity index (χ4n) is 2.66. The van der Waals surface area contributed by atoms with Crippen LogP contribution in [-0.2, 0) is 0 Å². The van der Waals surface area contributed by atoms with E-state index in [1.165, 1.54) is 0 Å². The smallest absolute Gasteiger partial charge is 0.140 e. The number of fused-ring (bicyclic) bond motifs is 1. The molecular weight excluding hydrogens is 264 g/mol. The highest BCUT2D eigenvalue weighted by molar-refractivity contribution is 5.73. The number of aromatic nitrogens is 2. The van der Waals surface area contributed by atoms with Crippen LogP contribution in [0, 0.1) is 6.92 Å². The zero-order valence-electron chi connectivity index (χ0n) is 12.4. The number of hydrogen-bond donors (Lipinski definition) is 1. The first-order chi connectivity index (χ1) is 10.1. The lowest BCUT2D eigenvalue weighted by atomic mass is 10.1. The third kappa shape index (κ3) is 2.17. The third-order valence-corrected chi connectivity index (χ3v) is 3.64. The predicted octanol–water partition coefficient (Wildman–Crippen LogP) is 3.37. The number of aryl methyl sites for hydroxylation is 1. The Morgan fingerprint density at radius 3 is 2.67 bits per heavy atom. The van der Waals surface area contributed by atoms with E-state index in [1.54, 1.807) is 14.0 Å². The molecule has 108 valence electrons. The number of imidazole rings is 1. The number of hydrogen-bond acceptors (Lipinski definition) is 3. The molecule has 0 aliphatic carbocycles. The fraction of sp³-hybridized carbons (Fsp3) is 0.235. The first-order valence-corrected chi connectivity index (χ1v) is 6.92. The van der Waals surface area contributed by atoms with Crippen LogP contribution in [-0.4, -0.2) is 21.6 Å². The summed E-state index contributed by atoms with van der Waals surface area (Å²) < 4.78 is 7.38. The van der Waals surface area contributed by atoms with E-state index in [2.05, 4.69) is 0 Å². The van der Waals surface area contributed by atoms with Gasteiger partial charge in [0.05, 0.1) is 24.6 Å². The van der Waals surface area contributed by atoms with Gasteiger partial charge < -0.3 is 14.2 Å². The van der Waals surface area contributed by atoms with Crippen LogP contribution in [0.3, 0.4) is 0 Å². The van der Waals surface area contributed by atoms with Gasteiger partial charge in [-0.2, -0.15) is 0 Å². The Hall–Kier alpha value is -2.33. The molecule has 3 aromatic rings. The van der Waals surface area contributed by atoms with Gasteiger partial charge in [-0.15, -0.1) is 0 Å². The van der Waals surface area contributed by atoms with E-state index in [0.29, 0.717) is 0 Å². The fourth-order valence-corrected chi connectivity index (χ4v) is 2.66. The zero-order valence-corrected chi connectivity index (χ0v) is 12.4. The highest BCUT2D eigenvalue weighted by atomic mass is 16.5. The van der Waals surface area contributed by atoms with Gasteiger partial charge >= 0.3 is 0 Å². The maximum Gasteiger partial charge on any atom is 0.140 e. The van der Waals surface area contributed by atoms with E-state index < -0.39 is 6.10 Å². The van der Waals surface area contributed by atoms with Crippen molar-refractivity contribution in [2.75, 3.05) is 7.11 Å². The summed E-state index contributed by atoms with van der Waals surface area (Å²) in [7, 11) is 1.64. The number of nitrogens with zero attached hydrogens (tertiary/aromatic N) is 2. The Morgan fingerprint density at radius 2 is 1.95 bits per heavy atom. The maximum absolute atomic E-state index is 10.2. The topological polar surface area (TPSA) is 46.8 Å². The van der Waals surface area contributed by atoms with Gasteiger partial charge in [-0.05, 0) is 37.6 Å². The summed E-state index contributed by atoms with van der Waals surface area (Å²) in [6, 6.07) is 11.7. The molecule has 0 amide bonds. The van der Waals surface area contributed by atoms with Gasteiger partial charge in [0.1, 0.15) is 11.4 Å². The van der Waals surface area contributed by atoms with Gasteiger partial charge in [0.2, 0.25) is 0 Å². The highest BCUT2D eigenvalue weighted by Gasteiger charge is 2.20. The number of aliphatic hydroxyl groups excluding tert-OH is 1. The lowest BCUT2D eigenvalue weighted by Gasteiger charge is -2.10. The van der Waals surface area contributed by atoms with Crippen LogP contribution in [0.4, 0.5) is 0 Å². The first-order valence-electron chi connectivity index (χ1n) is 6.92. The Bertz CT molecular complexity index is 791. The van der Waals surface area contributed by atoms with Crippen molar-refractivity contribution in [1.82, 2.24) is 9.38 Å². The molecule has 0 fully saturated rings. The summed E-state index contributed by atoms with van der Waals surface area (Å²) in [6.07, 6.45) is 1.30. The van der Waals surface area contributed by atoms with Gasteiger partial charge in [0.15, 0.2) is 0 Å². The molecule has 1 unspecified atom stereocenters. The highest BCUT2D eigenvalue weighted by Crippen LogP contribution is 2.35. The van der Waals surface area contributed by atoms with Crippen molar-refractivity contribution in [1.29, 1.82) is 0 Å². The largest absolute Gasteiger partial charge is 0.496 e. The molecule has 1 atom stereocenters. The summed E-state index contributed by atoms with van der Waals surface area (Å²) in [4.78, 5) is 4.74. The number of rotatable bonds is 3. The summed E-state index contributed by atoms with van der Waals surface area (Å²) in [6.45, 7) is 3.77. The average molecular weight is 282 g/mol. The quantitative estimate of drug-likeness (QED) is 0.801. The van der Waals surface area contributed by atoms with Crippen LogP contribution in [0.2, 0.25) is 0 Å². The lowest BCUT2D eigenvalue weighted by molar-refractivity contribution is 0.194. The van der Waals surface area contributed by atoms with E-state index >= 15 is 0 Å².